The van der Waals surface area contributed by atoms with Crippen molar-refractivity contribution in [1.82, 2.24) is 25.1 Å². The maximum Gasteiger partial charge on any atom is 0.149 e. The third-order valence-electron chi connectivity index (χ3n) is 5.04. The summed E-state index contributed by atoms with van der Waals surface area (Å²) in [7, 11) is 0. The Morgan fingerprint density at radius 3 is 2.59 bits per heavy atom. The van der Waals surface area contributed by atoms with E-state index in [1.807, 2.05) is 31.3 Å². The summed E-state index contributed by atoms with van der Waals surface area (Å²) in [6.07, 6.45) is 3.42. The van der Waals surface area contributed by atoms with Crippen LogP contribution in [0, 0.1) is 13.8 Å². The Hall–Kier alpha value is -3.45. The quantitative estimate of drug-likeness (QED) is 0.463. The summed E-state index contributed by atoms with van der Waals surface area (Å²) in [4.78, 5) is 14.3. The zero-order valence-corrected chi connectivity index (χ0v) is 16.9. The second kappa shape index (κ2) is 7.18. The number of hydrogen-bond donors (Lipinski definition) is 1. The minimum Gasteiger partial charge on any atom is -0.365 e. The van der Waals surface area contributed by atoms with Crippen molar-refractivity contribution in [3.05, 3.63) is 71.8 Å². The van der Waals surface area contributed by atoms with E-state index in [1.165, 1.54) is 5.56 Å². The first kappa shape index (κ1) is 17.6. The molecule has 1 N–H and O–H groups in total. The molecule has 29 heavy (non-hydrogen) atoms. The second-order valence-corrected chi connectivity index (χ2v) is 7.86. The number of pyridine rings is 1. The normalized spacial score (nSPS) is 11.2. The highest BCUT2D eigenvalue weighted by Gasteiger charge is 2.15. The number of thiophene rings is 1. The first-order valence-corrected chi connectivity index (χ1v) is 10.1. The molecule has 0 saturated carbocycles. The number of benzene rings is 1. The lowest BCUT2D eigenvalue weighted by Gasteiger charge is -2.07. The van der Waals surface area contributed by atoms with Gasteiger partial charge in [-0.3, -0.25) is 4.98 Å². The predicted molar refractivity (Wildman–Crippen MR) is 117 cm³/mol. The van der Waals surface area contributed by atoms with Crippen LogP contribution in [0.4, 0.5) is 5.82 Å². The van der Waals surface area contributed by atoms with E-state index in [1.54, 1.807) is 17.7 Å². The topological polar surface area (TPSA) is 76.5 Å². The van der Waals surface area contributed by atoms with Crippen molar-refractivity contribution in [3.8, 4) is 11.3 Å². The number of hydrogen-bond acceptors (Lipinski definition) is 7. The van der Waals surface area contributed by atoms with Crippen molar-refractivity contribution in [2.24, 2.45) is 0 Å². The molecule has 7 heteroatoms. The summed E-state index contributed by atoms with van der Waals surface area (Å²) in [5.41, 5.74) is 6.23. The molecule has 0 aliphatic rings. The van der Waals surface area contributed by atoms with Gasteiger partial charge in [0.25, 0.3) is 0 Å². The van der Waals surface area contributed by atoms with Gasteiger partial charge in [-0.05, 0) is 37.1 Å². The Bertz CT molecular complexity index is 1310. The molecule has 6 nitrogen and oxygen atoms in total. The highest BCUT2D eigenvalue weighted by atomic mass is 32.1. The molecule has 0 unspecified atom stereocenters. The number of aryl methyl sites for hydroxylation is 2. The number of nitrogens with zero attached hydrogens (tertiary/aromatic N) is 5. The summed E-state index contributed by atoms with van der Waals surface area (Å²) < 4.78 is 1.01. The largest absolute Gasteiger partial charge is 0.365 e. The fourth-order valence-electron chi connectivity index (χ4n) is 3.32. The summed E-state index contributed by atoms with van der Waals surface area (Å²) in [5, 5.41) is 13.1. The molecule has 0 bridgehead atoms. The highest BCUT2D eigenvalue weighted by Crippen LogP contribution is 2.36. The Kier molecular flexibility index (Phi) is 4.37. The van der Waals surface area contributed by atoms with Crippen LogP contribution < -0.4 is 5.32 Å². The van der Waals surface area contributed by atoms with Crippen molar-refractivity contribution in [2.75, 3.05) is 5.32 Å². The average molecular weight is 398 g/mol. The van der Waals surface area contributed by atoms with Crippen LogP contribution in [-0.4, -0.2) is 25.1 Å². The lowest BCUT2D eigenvalue weighted by molar-refractivity contribution is 1.01. The molecule has 4 heterocycles. The van der Waals surface area contributed by atoms with Gasteiger partial charge >= 0.3 is 0 Å². The lowest BCUT2D eigenvalue weighted by atomic mass is 10.1. The molecule has 0 aliphatic heterocycles. The number of nitrogens with one attached hydrogen (secondary N) is 1. The number of rotatable bonds is 4. The third-order valence-corrected chi connectivity index (χ3v) is 6.11. The Morgan fingerprint density at radius 1 is 0.931 bits per heavy atom. The monoisotopic (exact) mass is 398 g/mol. The van der Waals surface area contributed by atoms with Crippen LogP contribution in [0.5, 0.6) is 0 Å². The molecule has 5 rings (SSSR count). The van der Waals surface area contributed by atoms with Crippen LogP contribution in [0.25, 0.3) is 31.7 Å². The molecule has 0 radical (unpaired) electrons. The zero-order chi connectivity index (χ0) is 19.8. The molecule has 5 aromatic rings. The third kappa shape index (κ3) is 3.19. The van der Waals surface area contributed by atoms with Gasteiger partial charge in [-0.15, -0.1) is 16.4 Å². The summed E-state index contributed by atoms with van der Waals surface area (Å²) >= 11 is 1.58. The smallest absolute Gasteiger partial charge is 0.149 e. The Balaban J connectivity index is 1.43. The number of aromatic nitrogens is 5. The maximum absolute atomic E-state index is 4.52. The van der Waals surface area contributed by atoms with Gasteiger partial charge in [0.1, 0.15) is 17.0 Å². The van der Waals surface area contributed by atoms with E-state index in [-0.39, 0.29) is 0 Å². The molecule has 0 spiro atoms. The number of anilines is 1. The van der Waals surface area contributed by atoms with Crippen LogP contribution in [-0.2, 0) is 6.54 Å². The fourth-order valence-corrected chi connectivity index (χ4v) is 4.42. The molecular weight excluding hydrogens is 380 g/mol. The van der Waals surface area contributed by atoms with Crippen LogP contribution in [0.2, 0.25) is 0 Å². The van der Waals surface area contributed by atoms with E-state index in [2.05, 4.69) is 61.7 Å². The van der Waals surface area contributed by atoms with Gasteiger partial charge in [0.15, 0.2) is 0 Å². The van der Waals surface area contributed by atoms with Crippen LogP contribution >= 0.6 is 11.3 Å². The van der Waals surface area contributed by atoms with E-state index in [9.17, 15) is 0 Å². The van der Waals surface area contributed by atoms with Crippen molar-refractivity contribution >= 4 is 37.6 Å². The first-order chi connectivity index (χ1) is 14.2. The molecule has 142 valence electrons. The first-order valence-electron chi connectivity index (χ1n) is 9.32. The van der Waals surface area contributed by atoms with E-state index >= 15 is 0 Å². The molecular formula is C22H18N6S. The van der Waals surface area contributed by atoms with E-state index in [4.69, 9.17) is 0 Å². The molecule has 1 aromatic carbocycles. The van der Waals surface area contributed by atoms with Crippen LogP contribution in [0.3, 0.4) is 0 Å². The van der Waals surface area contributed by atoms with Crippen molar-refractivity contribution in [3.63, 3.8) is 0 Å². The fraction of sp³-hybridized carbons (Fsp3) is 0.136. The zero-order valence-electron chi connectivity index (χ0n) is 16.0. The average Bonchev–Trinajstić information content (AvgIpc) is 3.16. The van der Waals surface area contributed by atoms with Gasteiger partial charge in [0.05, 0.1) is 21.6 Å². The van der Waals surface area contributed by atoms with Crippen LogP contribution in [0.15, 0.2) is 55.0 Å². The summed E-state index contributed by atoms with van der Waals surface area (Å²) in [6.45, 7) is 4.71. The second-order valence-electron chi connectivity index (χ2n) is 6.86. The molecule has 0 fully saturated rings. The minimum absolute atomic E-state index is 0.673. The van der Waals surface area contributed by atoms with Gasteiger partial charge in [-0.25, -0.2) is 9.97 Å². The van der Waals surface area contributed by atoms with E-state index in [0.29, 0.717) is 6.54 Å². The summed E-state index contributed by atoms with van der Waals surface area (Å²) in [5.74, 6) is 0.823. The van der Waals surface area contributed by atoms with Gasteiger partial charge in [-0.1, -0.05) is 30.3 Å². The van der Waals surface area contributed by atoms with E-state index < -0.39 is 0 Å². The van der Waals surface area contributed by atoms with Crippen molar-refractivity contribution in [1.29, 1.82) is 0 Å². The van der Waals surface area contributed by atoms with Gasteiger partial charge in [0, 0.05) is 23.7 Å². The van der Waals surface area contributed by atoms with Crippen LogP contribution in [0.1, 0.15) is 16.8 Å². The van der Waals surface area contributed by atoms with Crippen molar-refractivity contribution < 1.29 is 0 Å². The molecule has 0 aliphatic carbocycles. The van der Waals surface area contributed by atoms with E-state index in [0.717, 1.165) is 48.8 Å². The van der Waals surface area contributed by atoms with Gasteiger partial charge in [-0.2, -0.15) is 5.10 Å². The predicted octanol–water partition coefficient (Wildman–Crippen LogP) is 4.93. The molecule has 0 amide bonds. The SMILES string of the molecule is Cc1nnc2sc3c(NCc4ccc(-c5ccccn5)cc4)ncnc3c2c1C. The Morgan fingerprint density at radius 2 is 1.79 bits per heavy atom. The lowest BCUT2D eigenvalue weighted by Crippen LogP contribution is -2.01. The standard InChI is InChI=1S/C22H18N6S/c1-13-14(2)27-28-22-18(13)19-20(29-22)21(26-12-25-19)24-11-15-6-8-16(9-7-15)17-5-3-4-10-23-17/h3-10,12H,11H2,1-2H3,(H,24,25,26). The molecule has 0 atom stereocenters. The number of fused-ring (bicyclic) bond motifs is 3. The highest BCUT2D eigenvalue weighted by molar-refractivity contribution is 7.25. The molecule has 4 aromatic heterocycles. The minimum atomic E-state index is 0.673. The van der Waals surface area contributed by atoms with Gasteiger partial charge < -0.3 is 5.32 Å². The molecule has 0 saturated heterocycles. The summed E-state index contributed by atoms with van der Waals surface area (Å²) in [6, 6.07) is 14.3. The van der Waals surface area contributed by atoms with Crippen molar-refractivity contribution in [2.45, 2.75) is 20.4 Å². The Labute approximate surface area is 171 Å². The maximum atomic E-state index is 4.52. The van der Waals surface area contributed by atoms with Gasteiger partial charge in [0.2, 0.25) is 0 Å².